The van der Waals surface area contributed by atoms with Crippen LogP contribution in [-0.2, 0) is 12.8 Å². The van der Waals surface area contributed by atoms with Crippen LogP contribution in [0.5, 0.6) is 0 Å². The van der Waals surface area contributed by atoms with Gasteiger partial charge in [-0.2, -0.15) is 5.10 Å². The molecule has 3 aromatic rings. The highest BCUT2D eigenvalue weighted by Crippen LogP contribution is 2.28. The second-order valence-electron chi connectivity index (χ2n) is 4.07. The van der Waals surface area contributed by atoms with Crippen LogP contribution in [0.1, 0.15) is 16.1 Å². The zero-order valence-corrected chi connectivity index (χ0v) is 12.5. The summed E-state index contributed by atoms with van der Waals surface area (Å²) in [6, 6.07) is 3.81. The molecule has 0 spiro atoms. The van der Waals surface area contributed by atoms with Gasteiger partial charge in [0, 0.05) is 12.8 Å². The normalized spacial score (nSPS) is 10.9. The van der Waals surface area contributed by atoms with Crippen LogP contribution in [0.4, 0.5) is 0 Å². The Morgan fingerprint density at radius 1 is 1.52 bits per heavy atom. The molecular formula is C12H10N4O3S2. The molecule has 0 saturated carbocycles. The van der Waals surface area contributed by atoms with Gasteiger partial charge in [0.25, 0.3) is 11.1 Å². The lowest BCUT2D eigenvalue weighted by atomic mass is 10.3. The molecule has 0 radical (unpaired) electrons. The van der Waals surface area contributed by atoms with Crippen LogP contribution in [0.3, 0.4) is 0 Å². The average molecular weight is 322 g/mol. The van der Waals surface area contributed by atoms with Crippen molar-refractivity contribution in [2.24, 2.45) is 7.05 Å². The molecule has 0 aliphatic carbocycles. The number of carbonyl (C=O) groups is 1. The SMILES string of the molecule is Cn1ncc(C(=O)O)c1CSc1nnc(-c2cccs2)o1. The summed E-state index contributed by atoms with van der Waals surface area (Å²) in [6.07, 6.45) is 1.34. The number of rotatable bonds is 5. The molecule has 7 nitrogen and oxygen atoms in total. The molecular weight excluding hydrogens is 312 g/mol. The molecule has 1 N–H and O–H groups in total. The molecule has 0 saturated heterocycles. The minimum Gasteiger partial charge on any atom is -0.478 e. The Morgan fingerprint density at radius 3 is 3.10 bits per heavy atom. The van der Waals surface area contributed by atoms with Crippen molar-refractivity contribution in [1.29, 1.82) is 0 Å². The number of carboxylic acid groups (broad SMARTS) is 1. The molecule has 0 unspecified atom stereocenters. The van der Waals surface area contributed by atoms with E-state index < -0.39 is 5.97 Å². The molecule has 0 aromatic carbocycles. The molecule has 0 aliphatic rings. The Balaban J connectivity index is 1.74. The highest BCUT2D eigenvalue weighted by molar-refractivity contribution is 7.98. The number of thiophene rings is 1. The predicted octanol–water partition coefficient (Wildman–Crippen LogP) is 2.52. The maximum atomic E-state index is 11.1. The Morgan fingerprint density at radius 2 is 2.38 bits per heavy atom. The van der Waals surface area contributed by atoms with Crippen LogP contribution in [0.25, 0.3) is 10.8 Å². The lowest BCUT2D eigenvalue weighted by Crippen LogP contribution is -2.03. The number of aromatic nitrogens is 4. The minimum absolute atomic E-state index is 0.183. The van der Waals surface area contributed by atoms with E-state index in [4.69, 9.17) is 9.52 Å². The minimum atomic E-state index is -0.997. The second kappa shape index (κ2) is 5.70. The molecule has 3 aromatic heterocycles. The van der Waals surface area contributed by atoms with E-state index in [-0.39, 0.29) is 5.56 Å². The van der Waals surface area contributed by atoms with Gasteiger partial charge in [-0.05, 0) is 11.4 Å². The summed E-state index contributed by atoms with van der Waals surface area (Å²) in [4.78, 5) is 12.0. The highest BCUT2D eigenvalue weighted by Gasteiger charge is 2.17. The van der Waals surface area contributed by atoms with Gasteiger partial charge in [0.05, 0.1) is 16.8 Å². The second-order valence-corrected chi connectivity index (χ2v) is 5.95. The molecule has 108 valence electrons. The van der Waals surface area contributed by atoms with Crippen molar-refractivity contribution in [2.45, 2.75) is 11.0 Å². The fourth-order valence-electron chi connectivity index (χ4n) is 1.71. The quantitative estimate of drug-likeness (QED) is 0.721. The van der Waals surface area contributed by atoms with Crippen molar-refractivity contribution in [2.75, 3.05) is 0 Å². The van der Waals surface area contributed by atoms with Crippen molar-refractivity contribution >= 4 is 29.1 Å². The first-order valence-electron chi connectivity index (χ1n) is 5.89. The molecule has 0 amide bonds. The fraction of sp³-hybridized carbons (Fsp3) is 0.167. The summed E-state index contributed by atoms with van der Waals surface area (Å²) in [5, 5.41) is 23.3. The highest BCUT2D eigenvalue weighted by atomic mass is 32.2. The summed E-state index contributed by atoms with van der Waals surface area (Å²) >= 11 is 2.80. The molecule has 21 heavy (non-hydrogen) atoms. The first-order chi connectivity index (χ1) is 10.1. The topological polar surface area (TPSA) is 94.0 Å². The van der Waals surface area contributed by atoms with Crippen LogP contribution < -0.4 is 0 Å². The van der Waals surface area contributed by atoms with Gasteiger partial charge in [0.1, 0.15) is 5.56 Å². The van der Waals surface area contributed by atoms with Crippen LogP contribution in [-0.4, -0.2) is 31.1 Å². The lowest BCUT2D eigenvalue weighted by Gasteiger charge is -2.01. The molecule has 0 aliphatic heterocycles. The smallest absolute Gasteiger partial charge is 0.339 e. The maximum Gasteiger partial charge on any atom is 0.339 e. The Bertz CT molecular complexity index is 763. The van der Waals surface area contributed by atoms with Crippen LogP contribution >= 0.6 is 23.1 Å². The summed E-state index contributed by atoms with van der Waals surface area (Å²) in [6.45, 7) is 0. The zero-order chi connectivity index (χ0) is 14.8. The van der Waals surface area contributed by atoms with Crippen LogP contribution in [0, 0.1) is 0 Å². The van der Waals surface area contributed by atoms with Crippen LogP contribution in [0.2, 0.25) is 0 Å². The van der Waals surface area contributed by atoms with E-state index in [2.05, 4.69) is 15.3 Å². The Kier molecular flexibility index (Phi) is 3.76. The van der Waals surface area contributed by atoms with E-state index in [1.807, 2.05) is 17.5 Å². The van der Waals surface area contributed by atoms with E-state index in [0.717, 1.165) is 4.88 Å². The van der Waals surface area contributed by atoms with E-state index in [9.17, 15) is 4.79 Å². The van der Waals surface area contributed by atoms with Gasteiger partial charge >= 0.3 is 5.97 Å². The number of hydrogen-bond acceptors (Lipinski definition) is 7. The van der Waals surface area contributed by atoms with E-state index in [1.165, 1.54) is 34.0 Å². The van der Waals surface area contributed by atoms with E-state index >= 15 is 0 Å². The summed E-state index contributed by atoms with van der Waals surface area (Å²) < 4.78 is 7.08. The molecule has 9 heteroatoms. The van der Waals surface area contributed by atoms with Gasteiger partial charge in [0.2, 0.25) is 0 Å². The number of aromatic carboxylic acids is 1. The average Bonchev–Trinajstić information content (AvgIpc) is 3.16. The van der Waals surface area contributed by atoms with Crippen molar-refractivity contribution < 1.29 is 14.3 Å². The number of aryl methyl sites for hydroxylation is 1. The van der Waals surface area contributed by atoms with Gasteiger partial charge in [-0.3, -0.25) is 4.68 Å². The zero-order valence-electron chi connectivity index (χ0n) is 10.9. The predicted molar refractivity (Wildman–Crippen MR) is 77.3 cm³/mol. The Hall–Kier alpha value is -2.13. The van der Waals surface area contributed by atoms with Gasteiger partial charge in [0.15, 0.2) is 0 Å². The van der Waals surface area contributed by atoms with Crippen LogP contribution in [0.15, 0.2) is 33.3 Å². The summed E-state index contributed by atoms with van der Waals surface area (Å²) in [7, 11) is 1.70. The third-order valence-corrected chi connectivity index (χ3v) is 4.45. The van der Waals surface area contributed by atoms with Gasteiger partial charge in [-0.25, -0.2) is 4.79 Å². The molecule has 3 heterocycles. The Labute approximate surface area is 127 Å². The summed E-state index contributed by atoms with van der Waals surface area (Å²) in [5.41, 5.74) is 0.784. The third kappa shape index (κ3) is 2.83. The number of hydrogen-bond donors (Lipinski definition) is 1. The van der Waals surface area contributed by atoms with Gasteiger partial charge in [-0.15, -0.1) is 21.5 Å². The third-order valence-electron chi connectivity index (χ3n) is 2.76. The summed E-state index contributed by atoms with van der Waals surface area (Å²) in [5.74, 6) is -0.135. The molecule has 0 atom stereocenters. The first kappa shape index (κ1) is 13.8. The van der Waals surface area contributed by atoms with Crippen molar-refractivity contribution in [3.8, 4) is 10.8 Å². The number of carboxylic acids is 1. The molecule has 0 fully saturated rings. The van der Waals surface area contributed by atoms with Gasteiger partial charge in [-0.1, -0.05) is 17.8 Å². The van der Waals surface area contributed by atoms with E-state index in [0.29, 0.717) is 22.6 Å². The van der Waals surface area contributed by atoms with Crippen molar-refractivity contribution in [3.63, 3.8) is 0 Å². The fourth-order valence-corrected chi connectivity index (χ4v) is 3.19. The molecule has 3 rings (SSSR count). The van der Waals surface area contributed by atoms with E-state index in [1.54, 1.807) is 7.05 Å². The van der Waals surface area contributed by atoms with Crippen molar-refractivity contribution in [3.05, 3.63) is 35.0 Å². The lowest BCUT2D eigenvalue weighted by molar-refractivity contribution is 0.0696. The largest absolute Gasteiger partial charge is 0.478 e. The monoisotopic (exact) mass is 322 g/mol. The molecule has 0 bridgehead atoms. The van der Waals surface area contributed by atoms with Gasteiger partial charge < -0.3 is 9.52 Å². The standard InChI is InChI=1S/C12H10N4O3S2/c1-16-8(7(5-13-16)11(17)18)6-21-12-15-14-10(19-12)9-3-2-4-20-9/h2-5H,6H2,1H3,(H,17,18). The number of nitrogens with zero attached hydrogens (tertiary/aromatic N) is 4. The number of thioether (sulfide) groups is 1. The maximum absolute atomic E-state index is 11.1. The first-order valence-corrected chi connectivity index (χ1v) is 7.76. The van der Waals surface area contributed by atoms with Crippen molar-refractivity contribution in [1.82, 2.24) is 20.0 Å².